The van der Waals surface area contributed by atoms with Crippen LogP contribution in [0.25, 0.3) is 0 Å². The van der Waals surface area contributed by atoms with Crippen molar-refractivity contribution in [3.05, 3.63) is 54.1 Å². The predicted molar refractivity (Wildman–Crippen MR) is 161 cm³/mol. The number of aliphatic hydroxyl groups excluding tert-OH is 1. The minimum absolute atomic E-state index is 0.0395. The van der Waals surface area contributed by atoms with Gasteiger partial charge in [0.15, 0.2) is 0 Å². The van der Waals surface area contributed by atoms with Crippen molar-refractivity contribution >= 4 is 62.7 Å². The summed E-state index contributed by atoms with van der Waals surface area (Å²) in [7, 11) is 0. The van der Waals surface area contributed by atoms with Crippen LogP contribution in [0.4, 0.5) is 5.69 Å². The first-order valence-electron chi connectivity index (χ1n) is 13.4. The standard InChI is InChI=1S/C29H37BrClN3O4S/c1-6-12-32(13-7-2)26(36)21-22-27(37)34(18(5)16-35)25(29(22)15-19(30)24(21)39-29)28(38)33(14-8-3)23-17(4)10-9-11-20(23)31/h6,8-11,18-19,21-22,24-25,35H,1,3,7,12-16H2,2,4-5H3/t18-,19?,21+,22+,24+,25?,29?/m1/s1. The van der Waals surface area contributed by atoms with E-state index >= 15 is 0 Å². The summed E-state index contributed by atoms with van der Waals surface area (Å²) < 4.78 is -0.822. The molecule has 3 heterocycles. The molecular weight excluding hydrogens is 602 g/mol. The monoisotopic (exact) mass is 637 g/mol. The summed E-state index contributed by atoms with van der Waals surface area (Å²) in [5, 5.41) is 10.5. The van der Waals surface area contributed by atoms with Gasteiger partial charge in [0, 0.05) is 29.7 Å². The minimum Gasteiger partial charge on any atom is -0.394 e. The van der Waals surface area contributed by atoms with E-state index in [1.54, 1.807) is 51.6 Å². The summed E-state index contributed by atoms with van der Waals surface area (Å²) >= 11 is 12.0. The van der Waals surface area contributed by atoms with Crippen LogP contribution < -0.4 is 4.90 Å². The first-order valence-corrected chi connectivity index (χ1v) is 15.6. The average Bonchev–Trinajstić information content (AvgIpc) is 3.50. The number of carbonyl (C=O) groups is 3. The molecule has 3 amide bonds. The van der Waals surface area contributed by atoms with Crippen molar-refractivity contribution < 1.29 is 19.5 Å². The number of hydrogen-bond donors (Lipinski definition) is 1. The Hall–Kier alpha value is -1.81. The highest BCUT2D eigenvalue weighted by atomic mass is 79.9. The van der Waals surface area contributed by atoms with Crippen LogP contribution in [-0.4, -0.2) is 85.8 Å². The molecule has 2 bridgehead atoms. The molecule has 10 heteroatoms. The molecule has 7 nitrogen and oxygen atoms in total. The molecule has 0 aromatic heterocycles. The molecule has 3 fully saturated rings. The summed E-state index contributed by atoms with van der Waals surface area (Å²) in [6.45, 7) is 14.2. The molecule has 0 radical (unpaired) electrons. The molecular formula is C29H37BrClN3O4S. The third kappa shape index (κ3) is 4.87. The van der Waals surface area contributed by atoms with E-state index in [1.165, 1.54) is 0 Å². The van der Waals surface area contributed by atoms with E-state index < -0.39 is 28.7 Å². The van der Waals surface area contributed by atoms with E-state index in [0.717, 1.165) is 12.0 Å². The fourth-order valence-corrected chi connectivity index (χ4v) is 10.6. The van der Waals surface area contributed by atoms with Gasteiger partial charge in [0.1, 0.15) is 6.04 Å². The smallest absolute Gasteiger partial charge is 0.251 e. The van der Waals surface area contributed by atoms with Crippen LogP contribution in [0, 0.1) is 18.8 Å². The van der Waals surface area contributed by atoms with Gasteiger partial charge in [0.2, 0.25) is 11.8 Å². The molecule has 212 valence electrons. The first-order chi connectivity index (χ1) is 18.6. The first kappa shape index (κ1) is 30.2. The zero-order valence-corrected chi connectivity index (χ0v) is 25.8. The Balaban J connectivity index is 1.84. The number of halogens is 2. The molecule has 39 heavy (non-hydrogen) atoms. The second-order valence-electron chi connectivity index (χ2n) is 10.7. The summed E-state index contributed by atoms with van der Waals surface area (Å²) in [5.74, 6) is -1.84. The lowest BCUT2D eigenvalue weighted by molar-refractivity contribution is -0.145. The van der Waals surface area contributed by atoms with Crippen molar-refractivity contribution in [1.29, 1.82) is 0 Å². The van der Waals surface area contributed by atoms with Crippen LogP contribution in [0.2, 0.25) is 5.02 Å². The average molecular weight is 639 g/mol. The van der Waals surface area contributed by atoms with E-state index in [1.807, 2.05) is 26.0 Å². The maximum absolute atomic E-state index is 14.7. The number of fused-ring (bicyclic) bond motifs is 1. The molecule has 3 saturated heterocycles. The van der Waals surface area contributed by atoms with E-state index in [2.05, 4.69) is 29.1 Å². The summed E-state index contributed by atoms with van der Waals surface area (Å²) in [6, 6.07) is 3.98. The van der Waals surface area contributed by atoms with Crippen LogP contribution in [0.1, 0.15) is 32.3 Å². The number of anilines is 1. The number of amides is 3. The Bertz CT molecular complexity index is 1150. The molecule has 3 aliphatic heterocycles. The van der Waals surface area contributed by atoms with Crippen LogP contribution in [0.15, 0.2) is 43.5 Å². The van der Waals surface area contributed by atoms with Crippen molar-refractivity contribution in [2.75, 3.05) is 31.1 Å². The fraction of sp³-hybridized carbons (Fsp3) is 0.552. The van der Waals surface area contributed by atoms with Gasteiger partial charge in [-0.1, -0.05) is 58.7 Å². The van der Waals surface area contributed by atoms with Crippen molar-refractivity contribution in [2.45, 2.75) is 60.5 Å². The quantitative estimate of drug-likeness (QED) is 0.287. The minimum atomic E-state index is -0.875. The lowest BCUT2D eigenvalue weighted by Crippen LogP contribution is -2.57. The Kier molecular flexibility index (Phi) is 9.25. The molecule has 1 aromatic rings. The SMILES string of the molecule is C=CCN(CCC)C(=O)[C@H]1[C@H]2C(=O)N([C@H](C)CO)C(C(=O)N(CC=C)c3c(C)cccc3Cl)C23CC(Br)[C@@H]1S3. The fourth-order valence-electron chi connectivity index (χ4n) is 6.65. The van der Waals surface area contributed by atoms with Crippen molar-refractivity contribution in [3.8, 4) is 0 Å². The van der Waals surface area contributed by atoms with E-state index in [-0.39, 0.29) is 41.0 Å². The maximum Gasteiger partial charge on any atom is 0.251 e. The normalized spacial score (nSPS) is 29.7. The third-order valence-electron chi connectivity index (χ3n) is 8.18. The topological polar surface area (TPSA) is 81.2 Å². The van der Waals surface area contributed by atoms with Gasteiger partial charge < -0.3 is 19.8 Å². The Morgan fingerprint density at radius 2 is 2.00 bits per heavy atom. The van der Waals surface area contributed by atoms with Crippen LogP contribution >= 0.6 is 39.3 Å². The molecule has 1 N–H and O–H groups in total. The number of benzene rings is 1. The summed E-state index contributed by atoms with van der Waals surface area (Å²) in [6.07, 6.45) is 4.70. The second kappa shape index (κ2) is 12.0. The number of alkyl halides is 1. The number of hydrogen-bond acceptors (Lipinski definition) is 5. The molecule has 0 aliphatic carbocycles. The van der Waals surface area contributed by atoms with E-state index in [4.69, 9.17) is 11.6 Å². The number of aliphatic hydroxyl groups is 1. The largest absolute Gasteiger partial charge is 0.394 e. The number of carbonyl (C=O) groups excluding carboxylic acids is 3. The van der Waals surface area contributed by atoms with E-state index in [0.29, 0.717) is 30.2 Å². The van der Waals surface area contributed by atoms with Crippen LogP contribution in [-0.2, 0) is 14.4 Å². The molecule has 7 atom stereocenters. The van der Waals surface area contributed by atoms with Gasteiger partial charge in [-0.3, -0.25) is 14.4 Å². The van der Waals surface area contributed by atoms with Crippen LogP contribution in [0.3, 0.4) is 0 Å². The molecule has 1 spiro atoms. The van der Waals surface area contributed by atoms with Crippen molar-refractivity contribution in [3.63, 3.8) is 0 Å². The number of rotatable bonds is 11. The third-order valence-corrected chi connectivity index (χ3v) is 11.7. The summed E-state index contributed by atoms with van der Waals surface area (Å²) in [4.78, 5) is 47.8. The van der Waals surface area contributed by atoms with Gasteiger partial charge in [-0.15, -0.1) is 24.9 Å². The van der Waals surface area contributed by atoms with Crippen LogP contribution in [0.5, 0.6) is 0 Å². The zero-order valence-electron chi connectivity index (χ0n) is 22.7. The highest BCUT2D eigenvalue weighted by Crippen LogP contribution is 2.68. The molecule has 3 unspecified atom stereocenters. The van der Waals surface area contributed by atoms with E-state index in [9.17, 15) is 19.5 Å². The molecule has 0 saturated carbocycles. The number of thioether (sulfide) groups is 1. The lowest BCUT2D eigenvalue weighted by Gasteiger charge is -2.39. The predicted octanol–water partition coefficient (Wildman–Crippen LogP) is 4.44. The van der Waals surface area contributed by atoms with Crippen molar-refractivity contribution in [2.24, 2.45) is 11.8 Å². The number of aryl methyl sites for hydroxylation is 1. The second-order valence-corrected chi connectivity index (χ2v) is 13.8. The van der Waals surface area contributed by atoms with Gasteiger partial charge >= 0.3 is 0 Å². The Morgan fingerprint density at radius 1 is 1.31 bits per heavy atom. The molecule has 4 rings (SSSR count). The number of nitrogens with zero attached hydrogens (tertiary/aromatic N) is 3. The number of para-hydroxylation sites is 1. The lowest BCUT2D eigenvalue weighted by atomic mass is 9.70. The Labute approximate surface area is 248 Å². The van der Waals surface area contributed by atoms with Gasteiger partial charge in [-0.25, -0.2) is 0 Å². The highest BCUT2D eigenvalue weighted by molar-refractivity contribution is 9.09. The van der Waals surface area contributed by atoms with Gasteiger partial charge in [0.05, 0.1) is 39.9 Å². The highest BCUT2D eigenvalue weighted by Gasteiger charge is 2.76. The maximum atomic E-state index is 14.7. The summed E-state index contributed by atoms with van der Waals surface area (Å²) in [5.41, 5.74) is 1.40. The van der Waals surface area contributed by atoms with Gasteiger partial charge in [0.25, 0.3) is 5.91 Å². The van der Waals surface area contributed by atoms with Crippen molar-refractivity contribution in [1.82, 2.24) is 9.80 Å². The Morgan fingerprint density at radius 3 is 2.59 bits per heavy atom. The number of likely N-dealkylation sites (tertiary alicyclic amines) is 1. The van der Waals surface area contributed by atoms with Gasteiger partial charge in [-0.05, 0) is 38.3 Å². The molecule has 3 aliphatic rings. The zero-order chi connectivity index (χ0) is 28.6. The van der Waals surface area contributed by atoms with Gasteiger partial charge in [-0.2, -0.15) is 0 Å². The molecule has 1 aromatic carbocycles.